The minimum absolute atomic E-state index is 0.0611. The van der Waals surface area contributed by atoms with Crippen LogP contribution in [0.1, 0.15) is 35.6 Å². The third kappa shape index (κ3) is 3.00. The van der Waals surface area contributed by atoms with Crippen molar-refractivity contribution in [1.29, 1.82) is 0 Å². The largest absolute Gasteiger partial charge is 0.391 e. The molecule has 1 amide bonds. The molecular weight excluding hydrogens is 336 g/mol. The van der Waals surface area contributed by atoms with E-state index in [1.807, 2.05) is 25.1 Å². The maximum atomic E-state index is 12.7. The summed E-state index contributed by atoms with van der Waals surface area (Å²) in [5.41, 5.74) is 7.91. The number of aromatic nitrogens is 3. The maximum Gasteiger partial charge on any atom is 0.274 e. The van der Waals surface area contributed by atoms with Gasteiger partial charge in [0.2, 0.25) is 5.95 Å². The first-order chi connectivity index (χ1) is 12.1. The average molecular weight is 354 g/mol. The minimum Gasteiger partial charge on any atom is -0.391 e. The summed E-state index contributed by atoms with van der Waals surface area (Å²) in [5, 5.41) is 3.86. The van der Waals surface area contributed by atoms with E-state index >= 15 is 0 Å². The molecule has 0 aromatic carbocycles. The predicted octanol–water partition coefficient (Wildman–Crippen LogP) is 2.69. The molecule has 3 aromatic rings. The molecule has 0 saturated carbocycles. The van der Waals surface area contributed by atoms with Crippen molar-refractivity contribution in [2.24, 2.45) is 0 Å². The summed E-state index contributed by atoms with van der Waals surface area (Å²) in [5.74, 6) is 0.348. The Morgan fingerprint density at radius 1 is 1.36 bits per heavy atom. The van der Waals surface area contributed by atoms with Crippen LogP contribution in [0.15, 0.2) is 30.5 Å². The molecule has 1 fully saturated rings. The number of pyridine rings is 1. The van der Waals surface area contributed by atoms with Gasteiger partial charge in [-0.2, -0.15) is 0 Å². The highest BCUT2D eigenvalue weighted by molar-refractivity contribution is 7.22. The zero-order valence-corrected chi connectivity index (χ0v) is 14.6. The fourth-order valence-corrected chi connectivity index (χ4v) is 3.57. The number of likely N-dealkylation sites (tertiary alicyclic amines) is 1. The number of carbonyl (C=O) groups excluding carboxylic acids is 1. The van der Waals surface area contributed by atoms with Crippen LogP contribution in [0, 0.1) is 0 Å². The smallest absolute Gasteiger partial charge is 0.274 e. The number of hydrogen-bond acceptors (Lipinski definition) is 7. The highest BCUT2D eigenvalue weighted by atomic mass is 32.1. The zero-order chi connectivity index (χ0) is 17.4. The molecule has 3 aromatic heterocycles. The lowest BCUT2D eigenvalue weighted by Crippen LogP contribution is -2.42. The summed E-state index contributed by atoms with van der Waals surface area (Å²) < 4.78 is 0.741. The van der Waals surface area contributed by atoms with Gasteiger partial charge in [0.05, 0.1) is 27.0 Å². The van der Waals surface area contributed by atoms with E-state index in [4.69, 9.17) is 5.73 Å². The van der Waals surface area contributed by atoms with Gasteiger partial charge in [0.15, 0.2) is 5.69 Å². The molecule has 3 N–H and O–H groups in total. The molecule has 25 heavy (non-hydrogen) atoms. The highest BCUT2D eigenvalue weighted by Gasteiger charge is 2.26. The normalized spacial score (nSPS) is 15.0. The molecule has 4 heterocycles. The van der Waals surface area contributed by atoms with E-state index in [-0.39, 0.29) is 11.9 Å². The van der Waals surface area contributed by atoms with Gasteiger partial charge < -0.3 is 16.0 Å². The van der Waals surface area contributed by atoms with E-state index in [2.05, 4.69) is 20.3 Å². The first-order valence-corrected chi connectivity index (χ1v) is 8.97. The zero-order valence-electron chi connectivity index (χ0n) is 13.8. The molecule has 0 radical (unpaired) electrons. The van der Waals surface area contributed by atoms with Crippen LogP contribution in [0.25, 0.3) is 10.2 Å². The third-order valence-corrected chi connectivity index (χ3v) is 5.17. The van der Waals surface area contributed by atoms with Crippen LogP contribution in [0.2, 0.25) is 0 Å². The van der Waals surface area contributed by atoms with Crippen LogP contribution in [0.4, 0.5) is 10.9 Å². The van der Waals surface area contributed by atoms with Crippen LogP contribution >= 0.6 is 11.3 Å². The van der Waals surface area contributed by atoms with Crippen LogP contribution in [0.5, 0.6) is 0 Å². The van der Waals surface area contributed by atoms with Crippen molar-refractivity contribution in [2.45, 2.75) is 19.4 Å². The summed E-state index contributed by atoms with van der Waals surface area (Å²) in [6, 6.07) is 7.44. The summed E-state index contributed by atoms with van der Waals surface area (Å²) in [4.78, 5) is 27.9. The van der Waals surface area contributed by atoms with E-state index in [1.54, 1.807) is 17.2 Å². The number of carbonyl (C=O) groups is 1. The molecule has 1 aliphatic rings. The second-order valence-corrected chi connectivity index (χ2v) is 7.11. The number of hydrogen-bond donors (Lipinski definition) is 2. The van der Waals surface area contributed by atoms with E-state index in [0.717, 1.165) is 29.9 Å². The molecule has 1 unspecified atom stereocenters. The van der Waals surface area contributed by atoms with Gasteiger partial charge in [0.1, 0.15) is 0 Å². The Balaban J connectivity index is 1.70. The summed E-state index contributed by atoms with van der Waals surface area (Å²) in [6.45, 7) is 3.53. The molecule has 8 heteroatoms. The quantitative estimate of drug-likeness (QED) is 0.748. The fraction of sp³-hybridized carbons (Fsp3) is 0.294. The fourth-order valence-electron chi connectivity index (χ4n) is 2.73. The second kappa shape index (κ2) is 6.29. The molecule has 1 saturated heterocycles. The first kappa shape index (κ1) is 15.8. The Labute approximate surface area is 148 Å². The molecule has 128 valence electrons. The number of nitrogens with zero attached hydrogens (tertiary/aromatic N) is 4. The van der Waals surface area contributed by atoms with E-state index in [1.165, 1.54) is 11.3 Å². The molecule has 1 aliphatic heterocycles. The molecule has 4 rings (SSSR count). The summed E-state index contributed by atoms with van der Waals surface area (Å²) in [6.07, 6.45) is 2.78. The highest BCUT2D eigenvalue weighted by Crippen LogP contribution is 2.31. The van der Waals surface area contributed by atoms with Crippen LogP contribution in [0.3, 0.4) is 0 Å². The molecular formula is C17H18N6OS. The lowest BCUT2D eigenvalue weighted by atomic mass is 10.2. The summed E-state index contributed by atoms with van der Waals surface area (Å²) >= 11 is 1.35. The van der Waals surface area contributed by atoms with Crippen LogP contribution in [-0.2, 0) is 0 Å². The second-order valence-electron chi connectivity index (χ2n) is 6.03. The molecule has 1 atom stereocenters. The number of nitrogen functional groups attached to an aromatic ring is 1. The van der Waals surface area contributed by atoms with Crippen molar-refractivity contribution >= 4 is 38.4 Å². The minimum atomic E-state index is -0.0819. The van der Waals surface area contributed by atoms with Gasteiger partial charge in [-0.1, -0.05) is 6.07 Å². The number of thiophene rings is 1. The van der Waals surface area contributed by atoms with Crippen molar-refractivity contribution in [2.75, 3.05) is 24.1 Å². The van der Waals surface area contributed by atoms with Gasteiger partial charge >= 0.3 is 0 Å². The first-order valence-electron chi connectivity index (χ1n) is 8.15. The Kier molecular flexibility index (Phi) is 3.96. The number of anilines is 2. The average Bonchev–Trinajstić information content (AvgIpc) is 2.93. The standard InChI is InChI=1S/C17H18N6OS/c1-10(11-5-2-3-6-19-11)20-17-21-12-9-13(18)25-15(12)14(22-17)16(24)23-7-4-8-23/h2-3,5-6,9-10H,4,7-8,18H2,1H3,(H,20,21,22). The number of nitrogens with one attached hydrogen (secondary N) is 1. The van der Waals surface area contributed by atoms with Crippen molar-refractivity contribution in [3.63, 3.8) is 0 Å². The third-order valence-electron chi connectivity index (χ3n) is 4.21. The Bertz CT molecular complexity index is 922. The van der Waals surface area contributed by atoms with Crippen LogP contribution in [-0.4, -0.2) is 38.8 Å². The van der Waals surface area contributed by atoms with Crippen molar-refractivity contribution < 1.29 is 4.79 Å². The van der Waals surface area contributed by atoms with Gasteiger partial charge in [0, 0.05) is 19.3 Å². The van der Waals surface area contributed by atoms with E-state index in [0.29, 0.717) is 22.2 Å². The van der Waals surface area contributed by atoms with Gasteiger partial charge in [-0.05, 0) is 31.5 Å². The Morgan fingerprint density at radius 2 is 2.20 bits per heavy atom. The lowest BCUT2D eigenvalue weighted by molar-refractivity contribution is 0.0648. The van der Waals surface area contributed by atoms with Gasteiger partial charge in [-0.3, -0.25) is 9.78 Å². The van der Waals surface area contributed by atoms with Gasteiger partial charge in [-0.25, -0.2) is 9.97 Å². The van der Waals surface area contributed by atoms with Crippen molar-refractivity contribution in [3.8, 4) is 0 Å². The van der Waals surface area contributed by atoms with Crippen LogP contribution < -0.4 is 11.1 Å². The number of nitrogens with two attached hydrogens (primary N) is 1. The van der Waals surface area contributed by atoms with Gasteiger partial charge in [0.25, 0.3) is 5.91 Å². The predicted molar refractivity (Wildman–Crippen MR) is 98.6 cm³/mol. The molecule has 0 spiro atoms. The SMILES string of the molecule is CC(Nc1nc(C(=O)N2CCC2)c2sc(N)cc2n1)c1ccccn1. The number of rotatable bonds is 4. The van der Waals surface area contributed by atoms with E-state index in [9.17, 15) is 4.79 Å². The molecule has 0 bridgehead atoms. The van der Waals surface area contributed by atoms with E-state index < -0.39 is 0 Å². The topological polar surface area (TPSA) is 97.0 Å². The maximum absolute atomic E-state index is 12.7. The monoisotopic (exact) mass is 354 g/mol. The molecule has 7 nitrogen and oxygen atoms in total. The van der Waals surface area contributed by atoms with Crippen molar-refractivity contribution in [1.82, 2.24) is 19.9 Å². The Morgan fingerprint density at radius 3 is 2.88 bits per heavy atom. The molecule has 0 aliphatic carbocycles. The number of amides is 1. The lowest BCUT2D eigenvalue weighted by Gasteiger charge is -2.30. The Hall–Kier alpha value is -2.74. The van der Waals surface area contributed by atoms with Crippen molar-refractivity contribution in [3.05, 3.63) is 41.9 Å². The van der Waals surface area contributed by atoms with Gasteiger partial charge in [-0.15, -0.1) is 11.3 Å². The number of fused-ring (bicyclic) bond motifs is 1. The summed E-state index contributed by atoms with van der Waals surface area (Å²) in [7, 11) is 0.